The van der Waals surface area contributed by atoms with Crippen molar-refractivity contribution in [1.29, 1.82) is 0 Å². The number of benzene rings is 1. The van der Waals surface area contributed by atoms with E-state index in [-0.39, 0.29) is 0 Å². The number of hydrogen-bond acceptors (Lipinski definition) is 6. The normalized spacial score (nSPS) is 19.3. The molecule has 0 aromatic heterocycles. The van der Waals surface area contributed by atoms with E-state index in [4.69, 9.17) is 34.0 Å². The monoisotopic (exact) mass is 409 g/mol. The van der Waals surface area contributed by atoms with Crippen molar-refractivity contribution in [3.8, 4) is 11.5 Å². The number of morpholine rings is 1. The zero-order valence-electron chi connectivity index (χ0n) is 17.5. The number of hydrogen-bond donors (Lipinski definition) is 2. The Bertz CT molecular complexity index is 668. The fourth-order valence-electron chi connectivity index (χ4n) is 3.04. The number of aliphatic carboxylic acids is 2. The van der Waals surface area contributed by atoms with E-state index in [2.05, 4.69) is 18.7 Å². The molecule has 2 atom stereocenters. The molecule has 29 heavy (non-hydrogen) atoms. The molecule has 1 aliphatic rings. The van der Waals surface area contributed by atoms with Crippen LogP contribution in [0.25, 0.3) is 6.08 Å². The molecule has 0 amide bonds. The summed E-state index contributed by atoms with van der Waals surface area (Å²) in [5.41, 5.74) is 1.12. The van der Waals surface area contributed by atoms with Crippen LogP contribution in [0.5, 0.6) is 11.5 Å². The number of carbonyl (C=O) groups is 2. The second kappa shape index (κ2) is 12.8. The van der Waals surface area contributed by atoms with Crippen LogP contribution in [0, 0.1) is 0 Å². The Kier molecular flexibility index (Phi) is 10.8. The van der Waals surface area contributed by atoms with Crippen molar-refractivity contribution in [2.24, 2.45) is 0 Å². The standard InChI is InChI=1S/C19H29NO3.C2H2O4/c1-5-7-17-8-9-18(19(12-17)21-4)22-11-6-10-20-13-15(2)23-16(3)14-20;3-1(4)2(5)6/h5,7-9,12,15-16H,6,10-11,13-14H2,1-4H3;(H,3,4)(H,5,6). The molecule has 0 bridgehead atoms. The molecule has 0 aliphatic carbocycles. The smallest absolute Gasteiger partial charge is 0.414 e. The lowest BCUT2D eigenvalue weighted by atomic mass is 10.2. The molecular formula is C21H31NO7. The fraction of sp³-hybridized carbons (Fsp3) is 0.524. The minimum Gasteiger partial charge on any atom is -0.493 e. The van der Waals surface area contributed by atoms with Gasteiger partial charge in [-0.3, -0.25) is 4.90 Å². The van der Waals surface area contributed by atoms with Gasteiger partial charge >= 0.3 is 11.9 Å². The van der Waals surface area contributed by atoms with Gasteiger partial charge in [-0.1, -0.05) is 18.2 Å². The first kappa shape index (κ1) is 24.5. The lowest BCUT2D eigenvalue weighted by molar-refractivity contribution is -0.159. The molecule has 0 saturated carbocycles. The topological polar surface area (TPSA) is 106 Å². The Morgan fingerprint density at radius 1 is 1.17 bits per heavy atom. The van der Waals surface area contributed by atoms with Crippen molar-refractivity contribution in [2.45, 2.75) is 39.4 Å². The summed E-state index contributed by atoms with van der Waals surface area (Å²) in [5, 5.41) is 14.8. The third-order valence-corrected chi connectivity index (χ3v) is 4.10. The second-order valence-electron chi connectivity index (χ2n) is 6.74. The zero-order chi connectivity index (χ0) is 21.8. The van der Waals surface area contributed by atoms with Gasteiger partial charge in [0.05, 0.1) is 25.9 Å². The van der Waals surface area contributed by atoms with Gasteiger partial charge in [0.25, 0.3) is 0 Å². The summed E-state index contributed by atoms with van der Waals surface area (Å²) >= 11 is 0. The number of carboxylic acids is 2. The molecule has 1 aromatic rings. The van der Waals surface area contributed by atoms with E-state index in [1.54, 1.807) is 7.11 Å². The molecule has 8 heteroatoms. The molecule has 1 fully saturated rings. The molecule has 1 heterocycles. The number of allylic oxidation sites excluding steroid dienone is 1. The number of ether oxygens (including phenoxy) is 3. The molecule has 2 unspecified atom stereocenters. The predicted octanol–water partition coefficient (Wildman–Crippen LogP) is 2.76. The minimum atomic E-state index is -1.82. The van der Waals surface area contributed by atoms with Crippen LogP contribution in [-0.4, -0.2) is 72.6 Å². The minimum absolute atomic E-state index is 0.318. The molecule has 2 rings (SSSR count). The van der Waals surface area contributed by atoms with Crippen molar-refractivity contribution in [3.05, 3.63) is 29.8 Å². The largest absolute Gasteiger partial charge is 0.493 e. The maximum absolute atomic E-state index is 9.10. The van der Waals surface area contributed by atoms with Gasteiger partial charge in [0.15, 0.2) is 11.5 Å². The van der Waals surface area contributed by atoms with Crippen LogP contribution in [-0.2, 0) is 14.3 Å². The van der Waals surface area contributed by atoms with Gasteiger partial charge in [0, 0.05) is 19.6 Å². The summed E-state index contributed by atoms with van der Waals surface area (Å²) in [7, 11) is 1.68. The summed E-state index contributed by atoms with van der Waals surface area (Å²) in [6.07, 6.45) is 5.70. The van der Waals surface area contributed by atoms with Gasteiger partial charge in [0.1, 0.15) is 0 Å². The molecule has 2 N–H and O–H groups in total. The summed E-state index contributed by atoms with van der Waals surface area (Å²) < 4.78 is 17.1. The third-order valence-electron chi connectivity index (χ3n) is 4.10. The van der Waals surface area contributed by atoms with E-state index in [0.29, 0.717) is 18.8 Å². The molecule has 0 radical (unpaired) electrons. The maximum atomic E-state index is 9.10. The molecule has 0 spiro atoms. The van der Waals surface area contributed by atoms with Crippen molar-refractivity contribution in [2.75, 3.05) is 33.4 Å². The van der Waals surface area contributed by atoms with Crippen LogP contribution in [0.2, 0.25) is 0 Å². The lowest BCUT2D eigenvalue weighted by Gasteiger charge is -2.35. The van der Waals surface area contributed by atoms with Crippen molar-refractivity contribution in [1.82, 2.24) is 4.90 Å². The predicted molar refractivity (Wildman–Crippen MR) is 110 cm³/mol. The van der Waals surface area contributed by atoms with Gasteiger partial charge < -0.3 is 24.4 Å². The van der Waals surface area contributed by atoms with Crippen molar-refractivity contribution < 1.29 is 34.0 Å². The number of rotatable bonds is 7. The zero-order valence-corrected chi connectivity index (χ0v) is 17.5. The second-order valence-corrected chi connectivity index (χ2v) is 6.74. The number of nitrogens with zero attached hydrogens (tertiary/aromatic N) is 1. The molecule has 1 saturated heterocycles. The molecule has 1 aliphatic heterocycles. The average Bonchev–Trinajstić information content (AvgIpc) is 2.66. The highest BCUT2D eigenvalue weighted by Crippen LogP contribution is 2.28. The van der Waals surface area contributed by atoms with Gasteiger partial charge in [-0.05, 0) is 44.9 Å². The summed E-state index contributed by atoms with van der Waals surface area (Å²) in [5.74, 6) is -2.05. The highest BCUT2D eigenvalue weighted by Gasteiger charge is 2.21. The molecule has 162 valence electrons. The quantitative estimate of drug-likeness (QED) is 0.523. The summed E-state index contributed by atoms with van der Waals surface area (Å²) in [6.45, 7) is 10.0. The van der Waals surface area contributed by atoms with Crippen LogP contribution in [0.1, 0.15) is 32.8 Å². The lowest BCUT2D eigenvalue weighted by Crippen LogP contribution is -2.45. The first-order valence-corrected chi connectivity index (χ1v) is 9.54. The first-order valence-electron chi connectivity index (χ1n) is 9.54. The van der Waals surface area contributed by atoms with Crippen LogP contribution in [0.4, 0.5) is 0 Å². The SMILES string of the molecule is CC=Cc1ccc(OCCCN2CC(C)OC(C)C2)c(OC)c1.O=C(O)C(=O)O. The Morgan fingerprint density at radius 3 is 2.31 bits per heavy atom. The highest BCUT2D eigenvalue weighted by molar-refractivity contribution is 6.27. The van der Waals surface area contributed by atoms with E-state index in [9.17, 15) is 0 Å². The molecule has 8 nitrogen and oxygen atoms in total. The van der Waals surface area contributed by atoms with Crippen molar-refractivity contribution >= 4 is 18.0 Å². The maximum Gasteiger partial charge on any atom is 0.414 e. The Hall–Kier alpha value is -2.58. The van der Waals surface area contributed by atoms with Gasteiger partial charge in [-0.15, -0.1) is 0 Å². The summed E-state index contributed by atoms with van der Waals surface area (Å²) in [6, 6.07) is 6.02. The molecule has 1 aromatic carbocycles. The van der Waals surface area contributed by atoms with Crippen molar-refractivity contribution in [3.63, 3.8) is 0 Å². The van der Waals surface area contributed by atoms with E-state index >= 15 is 0 Å². The van der Waals surface area contributed by atoms with Crippen LogP contribution >= 0.6 is 0 Å². The summed E-state index contributed by atoms with van der Waals surface area (Å²) in [4.78, 5) is 20.7. The highest BCUT2D eigenvalue weighted by atomic mass is 16.5. The van der Waals surface area contributed by atoms with Crippen LogP contribution < -0.4 is 9.47 Å². The Balaban J connectivity index is 0.000000612. The van der Waals surface area contributed by atoms with Crippen LogP contribution in [0.3, 0.4) is 0 Å². The molecular weight excluding hydrogens is 378 g/mol. The number of carboxylic acid groups (broad SMARTS) is 2. The number of methoxy groups -OCH3 is 1. The van der Waals surface area contributed by atoms with Crippen LogP contribution in [0.15, 0.2) is 24.3 Å². The average molecular weight is 409 g/mol. The van der Waals surface area contributed by atoms with Gasteiger partial charge in [-0.25, -0.2) is 9.59 Å². The van der Waals surface area contributed by atoms with Gasteiger partial charge in [-0.2, -0.15) is 0 Å². The van der Waals surface area contributed by atoms with E-state index in [0.717, 1.165) is 43.1 Å². The van der Waals surface area contributed by atoms with E-state index < -0.39 is 11.9 Å². The fourth-order valence-corrected chi connectivity index (χ4v) is 3.04. The van der Waals surface area contributed by atoms with Gasteiger partial charge in [0.2, 0.25) is 0 Å². The van der Waals surface area contributed by atoms with E-state index in [1.165, 1.54) is 0 Å². The first-order chi connectivity index (χ1) is 13.8. The van der Waals surface area contributed by atoms with E-state index in [1.807, 2.05) is 37.3 Å². The Labute approximate surface area is 171 Å². The Morgan fingerprint density at radius 2 is 1.79 bits per heavy atom. The third kappa shape index (κ3) is 9.45.